The third-order valence-corrected chi connectivity index (χ3v) is 6.67. The van der Waals surface area contributed by atoms with Crippen molar-refractivity contribution in [3.63, 3.8) is 0 Å². The Hall–Kier alpha value is -4.26. The molecule has 1 atom stereocenters. The van der Waals surface area contributed by atoms with E-state index in [1.165, 1.54) is 24.1 Å². The number of nitriles is 1. The molecule has 0 bridgehead atoms. The number of aromatic nitrogens is 1. The van der Waals surface area contributed by atoms with Crippen LogP contribution in [-0.4, -0.2) is 47.2 Å². The minimum absolute atomic E-state index is 0.0536. The number of hydrogen-bond acceptors (Lipinski definition) is 5. The molecule has 3 aromatic rings. The highest BCUT2D eigenvalue weighted by atomic mass is 19.4. The van der Waals surface area contributed by atoms with Crippen molar-refractivity contribution in [3.05, 3.63) is 70.9 Å². The second kappa shape index (κ2) is 9.32. The average molecular weight is 509 g/mol. The number of halogens is 3. The number of benzene rings is 2. The molecule has 0 saturated carbocycles. The molecule has 1 unspecified atom stereocenters. The number of nitrogens with zero attached hydrogens (tertiary/aromatic N) is 3. The van der Waals surface area contributed by atoms with Crippen molar-refractivity contribution in [2.45, 2.75) is 38.0 Å². The maximum absolute atomic E-state index is 13.6. The predicted molar refractivity (Wildman–Crippen MR) is 126 cm³/mol. The number of fused-ring (bicyclic) bond motifs is 3. The number of aryl methyl sites for hydroxylation is 1. The van der Waals surface area contributed by atoms with Gasteiger partial charge in [0.25, 0.3) is 5.91 Å². The molecule has 190 valence electrons. The van der Waals surface area contributed by atoms with Crippen LogP contribution in [0.3, 0.4) is 0 Å². The second-order valence-electron chi connectivity index (χ2n) is 8.94. The van der Waals surface area contributed by atoms with Crippen LogP contribution in [0.25, 0.3) is 11.3 Å². The molecule has 2 aromatic carbocycles. The first-order valence-electron chi connectivity index (χ1n) is 11.7. The molecule has 0 radical (unpaired) electrons. The van der Waals surface area contributed by atoms with Gasteiger partial charge in [0.1, 0.15) is 28.8 Å². The lowest BCUT2D eigenvalue weighted by molar-refractivity contribution is -0.127. The second-order valence-corrected chi connectivity index (χ2v) is 8.94. The quantitative estimate of drug-likeness (QED) is 0.365. The molecule has 0 spiro atoms. The van der Waals surface area contributed by atoms with Gasteiger partial charge in [0, 0.05) is 18.7 Å². The van der Waals surface area contributed by atoms with Crippen LogP contribution < -0.4 is 9.47 Å². The van der Waals surface area contributed by atoms with Crippen molar-refractivity contribution in [3.8, 4) is 28.8 Å². The topological polar surface area (TPSA) is 84.6 Å². The van der Waals surface area contributed by atoms with Crippen LogP contribution in [0.5, 0.6) is 11.5 Å². The van der Waals surface area contributed by atoms with Gasteiger partial charge in [-0.3, -0.25) is 4.79 Å². The first kappa shape index (κ1) is 24.4. The summed E-state index contributed by atoms with van der Waals surface area (Å²) < 4.78 is 53.2. The van der Waals surface area contributed by atoms with E-state index in [2.05, 4.69) is 0 Å². The van der Waals surface area contributed by atoms with Gasteiger partial charge in [-0.25, -0.2) is 4.79 Å². The largest absolute Gasteiger partial charge is 0.496 e. The summed E-state index contributed by atoms with van der Waals surface area (Å²) in [5, 5.41) is 9.26. The van der Waals surface area contributed by atoms with Crippen molar-refractivity contribution in [2.24, 2.45) is 0 Å². The maximum atomic E-state index is 13.6. The molecule has 1 fully saturated rings. The molecule has 0 N–H and O–H groups in total. The molecule has 1 saturated heterocycles. The molecule has 37 heavy (non-hydrogen) atoms. The molecule has 10 heteroatoms. The Balaban J connectivity index is 1.62. The Labute approximate surface area is 210 Å². The molecule has 2 aliphatic rings. The van der Waals surface area contributed by atoms with E-state index in [1.54, 1.807) is 41.0 Å². The number of rotatable bonds is 5. The summed E-state index contributed by atoms with van der Waals surface area (Å²) in [5.41, 5.74) is 1.42. The van der Waals surface area contributed by atoms with Crippen molar-refractivity contribution in [1.29, 1.82) is 5.26 Å². The molecule has 1 aromatic heterocycles. The summed E-state index contributed by atoms with van der Waals surface area (Å²) in [4.78, 5) is 27.6. The number of para-hydroxylation sites is 1. The number of amides is 1. The van der Waals surface area contributed by atoms with Gasteiger partial charge in [0.05, 0.1) is 25.3 Å². The SMILES string of the molecule is COc1cc2c(cc1C(=O)Oc1ccccc1)-c1c(CC(F)(F)F)cc(C(=O)N3CCC3C#N)n1CC2. The lowest BCUT2D eigenvalue weighted by Gasteiger charge is -2.36. The van der Waals surface area contributed by atoms with Gasteiger partial charge in [0.15, 0.2) is 0 Å². The summed E-state index contributed by atoms with van der Waals surface area (Å²) in [5.74, 6) is -0.650. The van der Waals surface area contributed by atoms with Gasteiger partial charge < -0.3 is 18.9 Å². The van der Waals surface area contributed by atoms with Gasteiger partial charge >= 0.3 is 12.1 Å². The zero-order valence-electron chi connectivity index (χ0n) is 19.8. The van der Waals surface area contributed by atoms with Gasteiger partial charge in [-0.15, -0.1) is 0 Å². The number of hydrogen-bond donors (Lipinski definition) is 0. The van der Waals surface area contributed by atoms with E-state index < -0.39 is 30.5 Å². The molecule has 2 aliphatic heterocycles. The fourth-order valence-electron chi connectivity index (χ4n) is 4.86. The number of esters is 1. The molecule has 3 heterocycles. The van der Waals surface area contributed by atoms with Crippen molar-refractivity contribution in [1.82, 2.24) is 9.47 Å². The highest BCUT2D eigenvalue weighted by Crippen LogP contribution is 2.41. The smallest absolute Gasteiger partial charge is 0.393 e. The Kier molecular flexibility index (Phi) is 6.15. The van der Waals surface area contributed by atoms with E-state index in [-0.39, 0.29) is 34.8 Å². The Morgan fingerprint density at radius 3 is 2.51 bits per heavy atom. The summed E-state index contributed by atoms with van der Waals surface area (Å²) >= 11 is 0. The normalized spacial score (nSPS) is 16.2. The van der Waals surface area contributed by atoms with Crippen molar-refractivity contribution >= 4 is 11.9 Å². The minimum atomic E-state index is -4.52. The third kappa shape index (κ3) is 4.53. The van der Waals surface area contributed by atoms with Gasteiger partial charge in [-0.1, -0.05) is 18.2 Å². The predicted octanol–water partition coefficient (Wildman–Crippen LogP) is 4.78. The first-order chi connectivity index (χ1) is 17.7. The fraction of sp³-hybridized carbons (Fsp3) is 0.296. The number of carbonyl (C=O) groups excluding carboxylic acids is 2. The number of ether oxygens (including phenoxy) is 2. The standard InChI is InChI=1S/C27H22F3N3O4/c1-36-23-12-16-7-9-33-22(25(34)32-10-8-18(32)15-31)11-17(14-27(28,29)30)24(33)20(16)13-21(23)26(35)37-19-5-3-2-4-6-19/h2-6,11-13,18H,7-10,14H2,1H3. The van der Waals surface area contributed by atoms with Crippen LogP contribution in [0, 0.1) is 11.3 Å². The van der Waals surface area contributed by atoms with Gasteiger partial charge in [-0.2, -0.15) is 18.4 Å². The molecule has 5 rings (SSSR count). The molecule has 0 aliphatic carbocycles. The number of alkyl halides is 3. The van der Waals surface area contributed by atoms with E-state index >= 15 is 0 Å². The monoisotopic (exact) mass is 509 g/mol. The Bertz CT molecular complexity index is 1420. The van der Waals surface area contributed by atoms with Crippen LogP contribution in [0.1, 0.15) is 38.4 Å². The zero-order chi connectivity index (χ0) is 26.3. The minimum Gasteiger partial charge on any atom is -0.496 e. The number of likely N-dealkylation sites (tertiary alicyclic amines) is 1. The van der Waals surface area contributed by atoms with Crippen molar-refractivity contribution in [2.75, 3.05) is 13.7 Å². The van der Waals surface area contributed by atoms with E-state index in [0.717, 1.165) is 0 Å². The van der Waals surface area contributed by atoms with Gasteiger partial charge in [-0.05, 0) is 54.3 Å². The van der Waals surface area contributed by atoms with Crippen LogP contribution in [-0.2, 0) is 19.4 Å². The van der Waals surface area contributed by atoms with Crippen molar-refractivity contribution < 1.29 is 32.2 Å². The zero-order valence-corrected chi connectivity index (χ0v) is 19.8. The summed E-state index contributed by atoms with van der Waals surface area (Å²) in [6, 6.07) is 14.2. The van der Waals surface area contributed by atoms with Gasteiger partial charge in [0.2, 0.25) is 0 Å². The van der Waals surface area contributed by atoms with E-state index in [9.17, 15) is 28.0 Å². The lowest BCUT2D eigenvalue weighted by atomic mass is 9.93. The number of carbonyl (C=O) groups is 2. The molecular formula is C27H22F3N3O4. The fourth-order valence-corrected chi connectivity index (χ4v) is 4.86. The number of methoxy groups -OCH3 is 1. The van der Waals surface area contributed by atoms with E-state index in [4.69, 9.17) is 9.47 Å². The summed E-state index contributed by atoms with van der Waals surface area (Å²) in [6.45, 7) is 0.638. The third-order valence-electron chi connectivity index (χ3n) is 6.67. The highest BCUT2D eigenvalue weighted by Gasteiger charge is 2.38. The Morgan fingerprint density at radius 1 is 1.14 bits per heavy atom. The van der Waals surface area contributed by atoms with Crippen LogP contribution >= 0.6 is 0 Å². The lowest BCUT2D eigenvalue weighted by Crippen LogP contribution is -2.50. The first-order valence-corrected chi connectivity index (χ1v) is 11.7. The average Bonchev–Trinajstić information content (AvgIpc) is 3.20. The Morgan fingerprint density at radius 2 is 1.89 bits per heavy atom. The summed E-state index contributed by atoms with van der Waals surface area (Å²) in [7, 11) is 1.40. The molecular weight excluding hydrogens is 487 g/mol. The molecule has 7 nitrogen and oxygen atoms in total. The van der Waals surface area contributed by atoms with Crippen LogP contribution in [0.4, 0.5) is 13.2 Å². The van der Waals surface area contributed by atoms with E-state index in [1.807, 2.05) is 6.07 Å². The summed E-state index contributed by atoms with van der Waals surface area (Å²) in [6.07, 6.45) is -4.82. The highest BCUT2D eigenvalue weighted by molar-refractivity contribution is 5.98. The van der Waals surface area contributed by atoms with Crippen LogP contribution in [0.2, 0.25) is 0 Å². The van der Waals surface area contributed by atoms with Crippen LogP contribution in [0.15, 0.2) is 48.5 Å². The maximum Gasteiger partial charge on any atom is 0.393 e. The van der Waals surface area contributed by atoms with E-state index in [0.29, 0.717) is 36.3 Å². The molecule has 1 amide bonds.